The molecule has 1 aliphatic rings. The molecule has 0 saturated carbocycles. The molecule has 5 rings (SSSR count). The van der Waals surface area contributed by atoms with E-state index in [0.717, 1.165) is 53.3 Å². The van der Waals surface area contributed by atoms with E-state index in [1.807, 2.05) is 0 Å². The first-order valence-corrected chi connectivity index (χ1v) is 9.77. The number of nitrogens with zero attached hydrogens (tertiary/aromatic N) is 5. The molecule has 0 amide bonds. The van der Waals surface area contributed by atoms with Gasteiger partial charge in [0.1, 0.15) is 23.7 Å². The molecule has 0 atom stereocenters. The second-order valence-electron chi connectivity index (χ2n) is 6.83. The summed E-state index contributed by atoms with van der Waals surface area (Å²) in [4.78, 5) is 13.6. The number of anilines is 1. The standard InChI is InChI=1S/C19H18FN5OS/c1-12-10-27-18-17(12)21-11-22-19(18)25-6-4-24(5-7-25)9-15-14-3-2-13(20)8-16(14)26-23-15/h2-3,8,10-11H,4-7,9H2,1H3. The van der Waals surface area contributed by atoms with Crippen LogP contribution in [0.1, 0.15) is 11.3 Å². The first kappa shape index (κ1) is 16.6. The van der Waals surface area contributed by atoms with Crippen LogP contribution in [-0.2, 0) is 6.54 Å². The molecular weight excluding hydrogens is 365 g/mol. The van der Waals surface area contributed by atoms with Crippen LogP contribution in [0.15, 0.2) is 34.4 Å². The van der Waals surface area contributed by atoms with E-state index in [9.17, 15) is 4.39 Å². The van der Waals surface area contributed by atoms with Crippen molar-refractivity contribution in [2.45, 2.75) is 13.5 Å². The van der Waals surface area contributed by atoms with Gasteiger partial charge in [-0.15, -0.1) is 11.3 Å². The molecule has 0 radical (unpaired) electrons. The SMILES string of the molecule is Cc1csc2c(N3CCN(Cc4noc5cc(F)ccc45)CC3)ncnc12. The van der Waals surface area contributed by atoms with Crippen molar-refractivity contribution in [1.82, 2.24) is 20.0 Å². The first-order chi connectivity index (χ1) is 13.2. The lowest BCUT2D eigenvalue weighted by Gasteiger charge is -2.35. The molecule has 1 aromatic carbocycles. The van der Waals surface area contributed by atoms with Gasteiger partial charge in [0.05, 0.1) is 10.2 Å². The zero-order valence-corrected chi connectivity index (χ0v) is 15.7. The fourth-order valence-corrected chi connectivity index (χ4v) is 4.61. The van der Waals surface area contributed by atoms with Crippen molar-refractivity contribution in [2.75, 3.05) is 31.1 Å². The van der Waals surface area contributed by atoms with Crippen LogP contribution >= 0.6 is 11.3 Å². The van der Waals surface area contributed by atoms with Crippen LogP contribution in [0.25, 0.3) is 21.2 Å². The number of rotatable bonds is 3. The van der Waals surface area contributed by atoms with Crippen molar-refractivity contribution in [2.24, 2.45) is 0 Å². The maximum Gasteiger partial charge on any atom is 0.170 e. The molecule has 1 fully saturated rings. The maximum absolute atomic E-state index is 13.3. The van der Waals surface area contributed by atoms with Crippen LogP contribution in [0.2, 0.25) is 0 Å². The summed E-state index contributed by atoms with van der Waals surface area (Å²) in [6.45, 7) is 6.39. The number of aryl methyl sites for hydroxylation is 1. The average Bonchev–Trinajstić information content (AvgIpc) is 3.26. The summed E-state index contributed by atoms with van der Waals surface area (Å²) in [5, 5.41) is 7.15. The summed E-state index contributed by atoms with van der Waals surface area (Å²) >= 11 is 1.71. The number of hydrogen-bond acceptors (Lipinski definition) is 7. The third kappa shape index (κ3) is 2.94. The van der Waals surface area contributed by atoms with Crippen molar-refractivity contribution < 1.29 is 8.91 Å². The van der Waals surface area contributed by atoms with Gasteiger partial charge in [-0.05, 0) is 30.0 Å². The Labute approximate surface area is 159 Å². The van der Waals surface area contributed by atoms with Gasteiger partial charge in [0.15, 0.2) is 5.58 Å². The Morgan fingerprint density at radius 1 is 1.19 bits per heavy atom. The molecule has 0 aliphatic carbocycles. The van der Waals surface area contributed by atoms with Crippen molar-refractivity contribution >= 4 is 38.3 Å². The molecule has 1 saturated heterocycles. The van der Waals surface area contributed by atoms with E-state index < -0.39 is 0 Å². The van der Waals surface area contributed by atoms with Crippen molar-refractivity contribution in [1.29, 1.82) is 0 Å². The van der Waals surface area contributed by atoms with Crippen LogP contribution in [0.4, 0.5) is 10.2 Å². The average molecular weight is 383 g/mol. The quantitative estimate of drug-likeness (QED) is 0.539. The molecule has 0 bridgehead atoms. The third-order valence-corrected chi connectivity index (χ3v) is 6.15. The zero-order valence-electron chi connectivity index (χ0n) is 14.9. The van der Waals surface area contributed by atoms with E-state index in [2.05, 4.69) is 37.2 Å². The molecule has 4 heterocycles. The monoisotopic (exact) mass is 383 g/mol. The Hall–Kier alpha value is -2.58. The smallest absolute Gasteiger partial charge is 0.170 e. The molecule has 4 aromatic rings. The van der Waals surface area contributed by atoms with E-state index in [1.165, 1.54) is 17.7 Å². The molecule has 138 valence electrons. The lowest BCUT2D eigenvalue weighted by atomic mass is 10.2. The van der Waals surface area contributed by atoms with Crippen molar-refractivity contribution in [3.05, 3.63) is 47.0 Å². The number of aromatic nitrogens is 3. The summed E-state index contributed by atoms with van der Waals surface area (Å²) in [7, 11) is 0. The Morgan fingerprint density at radius 2 is 2.04 bits per heavy atom. The fraction of sp³-hybridized carbons (Fsp3) is 0.316. The van der Waals surface area contributed by atoms with Crippen LogP contribution in [0, 0.1) is 12.7 Å². The van der Waals surface area contributed by atoms with E-state index in [0.29, 0.717) is 12.1 Å². The Kier molecular flexibility index (Phi) is 4.02. The number of hydrogen-bond donors (Lipinski definition) is 0. The van der Waals surface area contributed by atoms with Crippen LogP contribution < -0.4 is 4.90 Å². The highest BCUT2D eigenvalue weighted by molar-refractivity contribution is 7.18. The second kappa shape index (κ2) is 6.54. The minimum absolute atomic E-state index is 0.307. The molecule has 27 heavy (non-hydrogen) atoms. The predicted octanol–water partition coefficient (Wildman–Crippen LogP) is 3.60. The van der Waals surface area contributed by atoms with Gasteiger partial charge in [-0.25, -0.2) is 14.4 Å². The highest BCUT2D eigenvalue weighted by atomic mass is 32.1. The lowest BCUT2D eigenvalue weighted by molar-refractivity contribution is 0.243. The van der Waals surface area contributed by atoms with Gasteiger partial charge in [-0.3, -0.25) is 4.90 Å². The zero-order chi connectivity index (χ0) is 18.4. The van der Waals surface area contributed by atoms with Crippen LogP contribution in [-0.4, -0.2) is 46.2 Å². The van der Waals surface area contributed by atoms with E-state index >= 15 is 0 Å². The molecule has 0 unspecified atom stereocenters. The number of benzene rings is 1. The van der Waals surface area contributed by atoms with Crippen LogP contribution in [0.3, 0.4) is 0 Å². The molecule has 8 heteroatoms. The van der Waals surface area contributed by atoms with Gasteiger partial charge in [0.2, 0.25) is 0 Å². The Bertz CT molecular complexity index is 1120. The van der Waals surface area contributed by atoms with Gasteiger partial charge >= 0.3 is 0 Å². The van der Waals surface area contributed by atoms with E-state index in [-0.39, 0.29) is 5.82 Å². The van der Waals surface area contributed by atoms with E-state index in [4.69, 9.17) is 4.52 Å². The maximum atomic E-state index is 13.3. The summed E-state index contributed by atoms with van der Waals surface area (Å²) in [5.74, 6) is 0.721. The normalized spacial score (nSPS) is 15.9. The number of piperazine rings is 1. The molecule has 0 spiro atoms. The molecular formula is C19H18FN5OS. The lowest BCUT2D eigenvalue weighted by Crippen LogP contribution is -2.46. The third-order valence-electron chi connectivity index (χ3n) is 5.07. The predicted molar refractivity (Wildman–Crippen MR) is 104 cm³/mol. The number of thiophene rings is 1. The molecule has 1 aliphatic heterocycles. The topological polar surface area (TPSA) is 58.3 Å². The Balaban J connectivity index is 1.31. The van der Waals surface area contributed by atoms with Gasteiger partial charge in [0.25, 0.3) is 0 Å². The van der Waals surface area contributed by atoms with Gasteiger partial charge < -0.3 is 9.42 Å². The summed E-state index contributed by atoms with van der Waals surface area (Å²) < 4.78 is 19.7. The second-order valence-corrected chi connectivity index (χ2v) is 7.71. The summed E-state index contributed by atoms with van der Waals surface area (Å²) in [6.07, 6.45) is 1.66. The molecule has 3 aromatic heterocycles. The number of fused-ring (bicyclic) bond motifs is 2. The van der Waals surface area contributed by atoms with Crippen molar-refractivity contribution in [3.8, 4) is 0 Å². The van der Waals surface area contributed by atoms with Gasteiger partial charge in [0, 0.05) is 44.2 Å². The van der Waals surface area contributed by atoms with Gasteiger partial charge in [-0.2, -0.15) is 0 Å². The first-order valence-electron chi connectivity index (χ1n) is 8.89. The highest BCUT2D eigenvalue weighted by Gasteiger charge is 2.22. The largest absolute Gasteiger partial charge is 0.356 e. The van der Waals surface area contributed by atoms with E-state index in [1.54, 1.807) is 23.7 Å². The highest BCUT2D eigenvalue weighted by Crippen LogP contribution is 2.31. The minimum atomic E-state index is -0.307. The molecule has 6 nitrogen and oxygen atoms in total. The van der Waals surface area contributed by atoms with Gasteiger partial charge in [-0.1, -0.05) is 5.16 Å². The minimum Gasteiger partial charge on any atom is -0.356 e. The fourth-order valence-electron chi connectivity index (χ4n) is 3.59. The Morgan fingerprint density at radius 3 is 2.89 bits per heavy atom. The number of halogens is 1. The van der Waals surface area contributed by atoms with Crippen LogP contribution in [0.5, 0.6) is 0 Å². The molecule has 0 N–H and O–H groups in total. The summed E-state index contributed by atoms with van der Waals surface area (Å²) in [5.41, 5.74) is 3.61. The van der Waals surface area contributed by atoms with Crippen molar-refractivity contribution in [3.63, 3.8) is 0 Å². The summed E-state index contributed by atoms with van der Waals surface area (Å²) in [6, 6.07) is 4.57.